The van der Waals surface area contributed by atoms with Crippen molar-refractivity contribution >= 4 is 11.9 Å². The number of hydrogen-bond acceptors (Lipinski definition) is 5. The maximum Gasteiger partial charge on any atom is 0.339 e. The Kier molecular flexibility index (Phi) is 4.65. The number of fused-ring (bicyclic) bond motifs is 1. The smallest absolute Gasteiger partial charge is 0.339 e. The number of carboxylic acids is 1. The zero-order valence-corrected chi connectivity index (χ0v) is 14.0. The summed E-state index contributed by atoms with van der Waals surface area (Å²) in [5.74, 6) is 0.654. The Morgan fingerprint density at radius 1 is 1.36 bits per heavy atom. The van der Waals surface area contributed by atoms with Crippen LogP contribution in [0.25, 0.3) is 0 Å². The number of carboxylic acid groups (broad SMARTS) is 1. The van der Waals surface area contributed by atoms with Crippen LogP contribution < -0.4 is 14.8 Å². The molecule has 0 unspecified atom stereocenters. The lowest BCUT2D eigenvalue weighted by atomic mass is 9.96. The molecule has 1 atom stereocenters. The first-order valence-electron chi connectivity index (χ1n) is 7.88. The molecule has 2 N–H and O–H groups in total. The van der Waals surface area contributed by atoms with Crippen molar-refractivity contribution in [2.75, 3.05) is 13.7 Å². The summed E-state index contributed by atoms with van der Waals surface area (Å²) < 4.78 is 16.2. The monoisotopic (exact) mass is 345 g/mol. The minimum Gasteiger partial charge on any atom is -0.497 e. The number of aromatic carboxylic acids is 1. The Morgan fingerprint density at radius 3 is 2.84 bits per heavy atom. The summed E-state index contributed by atoms with van der Waals surface area (Å²) in [5.41, 5.74) is 1.06. The minimum atomic E-state index is -1.05. The van der Waals surface area contributed by atoms with Crippen molar-refractivity contribution in [2.45, 2.75) is 19.9 Å². The summed E-state index contributed by atoms with van der Waals surface area (Å²) in [6, 6.07) is 6.96. The first kappa shape index (κ1) is 16.9. The van der Waals surface area contributed by atoms with Gasteiger partial charge in [-0.2, -0.15) is 0 Å². The molecule has 0 saturated heterocycles. The van der Waals surface area contributed by atoms with E-state index in [1.807, 2.05) is 18.2 Å². The van der Waals surface area contributed by atoms with E-state index in [1.165, 1.54) is 6.07 Å². The highest BCUT2D eigenvalue weighted by molar-refractivity contribution is 5.88. The SMILES string of the molecule is COc1ccc2c(c1)OC[C@@H](C(=O)NCc1cc(C(=O)O)c(C)o1)C2. The molecule has 1 aromatic heterocycles. The molecule has 2 heterocycles. The second-order valence-corrected chi connectivity index (χ2v) is 5.89. The lowest BCUT2D eigenvalue weighted by Gasteiger charge is -2.24. The molecule has 1 aliphatic heterocycles. The topological polar surface area (TPSA) is 98.0 Å². The molecule has 0 aliphatic carbocycles. The van der Waals surface area contributed by atoms with Crippen LogP contribution in [-0.4, -0.2) is 30.7 Å². The Morgan fingerprint density at radius 2 is 2.16 bits per heavy atom. The van der Waals surface area contributed by atoms with Gasteiger partial charge in [0.05, 0.1) is 19.6 Å². The maximum absolute atomic E-state index is 12.4. The summed E-state index contributed by atoms with van der Waals surface area (Å²) in [6.45, 7) is 2.00. The fourth-order valence-corrected chi connectivity index (χ4v) is 2.81. The van der Waals surface area contributed by atoms with E-state index in [0.717, 1.165) is 11.3 Å². The van der Waals surface area contributed by atoms with E-state index in [1.54, 1.807) is 14.0 Å². The first-order valence-corrected chi connectivity index (χ1v) is 7.88. The molecule has 0 bridgehead atoms. The van der Waals surface area contributed by atoms with E-state index in [2.05, 4.69) is 5.32 Å². The Hall–Kier alpha value is -2.96. The van der Waals surface area contributed by atoms with Gasteiger partial charge in [0.15, 0.2) is 0 Å². The van der Waals surface area contributed by atoms with Crippen LogP contribution >= 0.6 is 0 Å². The van der Waals surface area contributed by atoms with Crippen LogP contribution in [0.3, 0.4) is 0 Å². The predicted octanol–water partition coefficient (Wildman–Crippen LogP) is 2.16. The second-order valence-electron chi connectivity index (χ2n) is 5.89. The Labute approximate surface area is 144 Å². The molecule has 1 amide bonds. The molecule has 2 aromatic rings. The molecule has 25 heavy (non-hydrogen) atoms. The lowest BCUT2D eigenvalue weighted by molar-refractivity contribution is -0.126. The van der Waals surface area contributed by atoms with Gasteiger partial charge in [-0.05, 0) is 31.0 Å². The van der Waals surface area contributed by atoms with E-state index in [9.17, 15) is 9.59 Å². The zero-order chi connectivity index (χ0) is 18.0. The summed E-state index contributed by atoms with van der Waals surface area (Å²) in [4.78, 5) is 23.4. The van der Waals surface area contributed by atoms with Crippen LogP contribution in [0.2, 0.25) is 0 Å². The van der Waals surface area contributed by atoms with Crippen LogP contribution in [0.1, 0.15) is 27.4 Å². The van der Waals surface area contributed by atoms with Gasteiger partial charge in [-0.3, -0.25) is 4.79 Å². The minimum absolute atomic E-state index is 0.105. The fraction of sp³-hybridized carbons (Fsp3) is 0.333. The number of aryl methyl sites for hydroxylation is 1. The van der Waals surface area contributed by atoms with Crippen LogP contribution in [0.4, 0.5) is 0 Å². The number of benzene rings is 1. The largest absolute Gasteiger partial charge is 0.497 e. The van der Waals surface area contributed by atoms with Crippen molar-refractivity contribution in [1.82, 2.24) is 5.32 Å². The third-order valence-electron chi connectivity index (χ3n) is 4.19. The number of methoxy groups -OCH3 is 1. The molecule has 0 spiro atoms. The highest BCUT2D eigenvalue weighted by Gasteiger charge is 2.26. The number of furan rings is 1. The third-order valence-corrected chi connectivity index (χ3v) is 4.19. The van der Waals surface area contributed by atoms with Gasteiger partial charge in [-0.25, -0.2) is 4.79 Å². The van der Waals surface area contributed by atoms with E-state index in [-0.39, 0.29) is 30.5 Å². The number of ether oxygens (including phenoxy) is 2. The Bertz CT molecular complexity index is 810. The molecule has 0 fully saturated rings. The molecule has 1 aliphatic rings. The normalized spacial score (nSPS) is 15.8. The number of hydrogen-bond donors (Lipinski definition) is 2. The summed E-state index contributed by atoms with van der Waals surface area (Å²) in [7, 11) is 1.59. The van der Waals surface area contributed by atoms with E-state index in [4.69, 9.17) is 19.0 Å². The number of carbonyl (C=O) groups excluding carboxylic acids is 1. The summed E-state index contributed by atoms with van der Waals surface area (Å²) in [6.07, 6.45) is 0.572. The molecule has 132 valence electrons. The number of nitrogens with one attached hydrogen (secondary N) is 1. The van der Waals surface area contributed by atoms with Gasteiger partial charge in [-0.15, -0.1) is 0 Å². The van der Waals surface area contributed by atoms with Gasteiger partial charge in [0.25, 0.3) is 0 Å². The average molecular weight is 345 g/mol. The third kappa shape index (κ3) is 3.60. The highest BCUT2D eigenvalue weighted by atomic mass is 16.5. The summed E-state index contributed by atoms with van der Waals surface area (Å²) >= 11 is 0. The zero-order valence-electron chi connectivity index (χ0n) is 14.0. The molecule has 3 rings (SSSR count). The van der Waals surface area contributed by atoms with Crippen molar-refractivity contribution in [3.63, 3.8) is 0 Å². The predicted molar refractivity (Wildman–Crippen MR) is 87.9 cm³/mol. The van der Waals surface area contributed by atoms with Crippen LogP contribution in [0.5, 0.6) is 11.5 Å². The van der Waals surface area contributed by atoms with Gasteiger partial charge >= 0.3 is 5.97 Å². The molecule has 0 saturated carbocycles. The van der Waals surface area contributed by atoms with E-state index in [0.29, 0.717) is 23.7 Å². The molecule has 7 heteroatoms. The highest BCUT2D eigenvalue weighted by Crippen LogP contribution is 2.31. The number of rotatable bonds is 5. The quantitative estimate of drug-likeness (QED) is 0.862. The Balaban J connectivity index is 1.60. The van der Waals surface area contributed by atoms with Crippen molar-refractivity contribution in [3.8, 4) is 11.5 Å². The maximum atomic E-state index is 12.4. The van der Waals surface area contributed by atoms with Crippen molar-refractivity contribution < 1.29 is 28.6 Å². The van der Waals surface area contributed by atoms with Crippen molar-refractivity contribution in [2.24, 2.45) is 5.92 Å². The standard InChI is InChI=1S/C18H19NO6/c1-10-15(18(21)22)6-14(25-10)8-19-17(20)12-5-11-3-4-13(23-2)7-16(11)24-9-12/h3-4,6-7,12H,5,8-9H2,1-2H3,(H,19,20)(H,21,22)/t12-/m0/s1. The number of amides is 1. The van der Waals surface area contributed by atoms with Crippen molar-refractivity contribution in [3.05, 3.63) is 46.9 Å². The van der Waals surface area contributed by atoms with Gasteiger partial charge in [0.1, 0.15) is 35.2 Å². The molecule has 7 nitrogen and oxygen atoms in total. The lowest BCUT2D eigenvalue weighted by Crippen LogP contribution is -2.37. The molecular weight excluding hydrogens is 326 g/mol. The van der Waals surface area contributed by atoms with Crippen LogP contribution in [-0.2, 0) is 17.8 Å². The van der Waals surface area contributed by atoms with Gasteiger partial charge in [-0.1, -0.05) is 6.07 Å². The molecule has 0 radical (unpaired) electrons. The number of carbonyl (C=O) groups is 2. The van der Waals surface area contributed by atoms with Gasteiger partial charge in [0.2, 0.25) is 5.91 Å². The van der Waals surface area contributed by atoms with Crippen LogP contribution in [0, 0.1) is 12.8 Å². The van der Waals surface area contributed by atoms with Gasteiger partial charge in [0, 0.05) is 6.07 Å². The average Bonchev–Trinajstić information content (AvgIpc) is 2.99. The molecule has 1 aromatic carbocycles. The van der Waals surface area contributed by atoms with Crippen molar-refractivity contribution in [1.29, 1.82) is 0 Å². The fourth-order valence-electron chi connectivity index (χ4n) is 2.81. The second kappa shape index (κ2) is 6.88. The molecular formula is C18H19NO6. The van der Waals surface area contributed by atoms with E-state index < -0.39 is 5.97 Å². The van der Waals surface area contributed by atoms with Gasteiger partial charge < -0.3 is 24.3 Å². The first-order chi connectivity index (χ1) is 12.0. The van der Waals surface area contributed by atoms with E-state index >= 15 is 0 Å². The van der Waals surface area contributed by atoms with Crippen LogP contribution in [0.15, 0.2) is 28.7 Å². The summed E-state index contributed by atoms with van der Waals surface area (Å²) in [5, 5.41) is 11.8.